The number of rotatable bonds is 3. The van der Waals surface area contributed by atoms with Gasteiger partial charge in [0.05, 0.1) is 5.69 Å². The molecule has 0 unspecified atom stereocenters. The molecule has 0 aliphatic carbocycles. The van der Waals surface area contributed by atoms with Crippen LogP contribution in [0.2, 0.25) is 0 Å². The summed E-state index contributed by atoms with van der Waals surface area (Å²) in [6.45, 7) is -0.0158. The number of carbonyl (C=O) groups is 2. The number of nitrogens with one attached hydrogen (secondary N) is 2. The minimum absolute atomic E-state index is 0.0158. The summed E-state index contributed by atoms with van der Waals surface area (Å²) in [7, 11) is 1.63. The molecule has 3 aromatic carbocycles. The first-order valence-electron chi connectivity index (χ1n) is 10.3. The Morgan fingerprint density at radius 1 is 1.09 bits per heavy atom. The van der Waals surface area contributed by atoms with Crippen molar-refractivity contribution in [2.75, 3.05) is 18.6 Å². The van der Waals surface area contributed by atoms with Gasteiger partial charge in [-0.2, -0.15) is 0 Å². The summed E-state index contributed by atoms with van der Waals surface area (Å²) < 4.78 is 33.8. The molecule has 1 atom stereocenters. The smallest absolute Gasteiger partial charge is 0.252 e. The lowest BCUT2D eigenvalue weighted by Crippen LogP contribution is -2.49. The molecule has 2 N–H and O–H groups in total. The van der Waals surface area contributed by atoms with Gasteiger partial charge < -0.3 is 19.9 Å². The molecule has 4 aromatic rings. The minimum Gasteiger partial charge on any atom is -0.489 e. The first-order valence-corrected chi connectivity index (χ1v) is 10.3. The molecule has 0 saturated carbocycles. The number of anilines is 1. The highest BCUT2D eigenvalue weighted by molar-refractivity contribution is 6.06. The van der Waals surface area contributed by atoms with E-state index in [9.17, 15) is 18.4 Å². The number of nitrogens with zero attached hydrogens (tertiary/aromatic N) is 1. The van der Waals surface area contributed by atoms with Crippen LogP contribution in [0.3, 0.4) is 0 Å². The Balaban J connectivity index is 1.44. The third-order valence-corrected chi connectivity index (χ3v) is 5.75. The van der Waals surface area contributed by atoms with Crippen LogP contribution in [0.15, 0.2) is 66.9 Å². The lowest BCUT2D eigenvalue weighted by Gasteiger charge is -2.20. The summed E-state index contributed by atoms with van der Waals surface area (Å²) in [5, 5.41) is 3.28. The third-order valence-electron chi connectivity index (χ3n) is 5.75. The van der Waals surface area contributed by atoms with Crippen LogP contribution in [0, 0.1) is 11.6 Å². The zero-order chi connectivity index (χ0) is 23.1. The second-order valence-electron chi connectivity index (χ2n) is 7.77. The third kappa shape index (κ3) is 3.59. The van der Waals surface area contributed by atoms with Crippen LogP contribution in [-0.2, 0) is 4.79 Å². The molecule has 0 saturated heterocycles. The molecular formula is C25H19F2N3O3. The van der Waals surface area contributed by atoms with Crippen molar-refractivity contribution < 1.29 is 23.1 Å². The molecule has 0 fully saturated rings. The van der Waals surface area contributed by atoms with E-state index in [1.165, 1.54) is 17.0 Å². The molecule has 1 aliphatic heterocycles. The van der Waals surface area contributed by atoms with Crippen molar-refractivity contribution in [1.82, 2.24) is 10.3 Å². The van der Waals surface area contributed by atoms with Gasteiger partial charge >= 0.3 is 0 Å². The van der Waals surface area contributed by atoms with Gasteiger partial charge in [-0.25, -0.2) is 8.78 Å². The summed E-state index contributed by atoms with van der Waals surface area (Å²) >= 11 is 0. The molecule has 0 bridgehead atoms. The van der Waals surface area contributed by atoms with Crippen LogP contribution in [-0.4, -0.2) is 36.5 Å². The van der Waals surface area contributed by atoms with Gasteiger partial charge in [0, 0.05) is 40.8 Å². The van der Waals surface area contributed by atoms with Crippen molar-refractivity contribution in [2.45, 2.75) is 6.04 Å². The van der Waals surface area contributed by atoms with Gasteiger partial charge in [0.25, 0.3) is 11.8 Å². The second kappa shape index (κ2) is 8.05. The van der Waals surface area contributed by atoms with Gasteiger partial charge in [-0.05, 0) is 36.4 Å². The molecule has 1 aliphatic rings. The number of amides is 2. The van der Waals surface area contributed by atoms with Gasteiger partial charge in [0.1, 0.15) is 18.4 Å². The van der Waals surface area contributed by atoms with Gasteiger partial charge in [-0.1, -0.05) is 24.3 Å². The fraction of sp³-hybridized carbons (Fsp3) is 0.120. The van der Waals surface area contributed by atoms with Crippen molar-refractivity contribution in [3.05, 3.63) is 84.1 Å². The van der Waals surface area contributed by atoms with Crippen molar-refractivity contribution in [2.24, 2.45) is 0 Å². The molecular weight excluding hydrogens is 428 g/mol. The molecule has 33 heavy (non-hydrogen) atoms. The van der Waals surface area contributed by atoms with Crippen molar-refractivity contribution in [1.29, 1.82) is 0 Å². The SMILES string of the molecule is CN1C(=O)[C@@H](NC(=O)c2ccc3[nH]cc(-c4cccc(F)c4F)c3c2)COc2ccccc21. The maximum atomic E-state index is 14.4. The topological polar surface area (TPSA) is 74.4 Å². The van der Waals surface area contributed by atoms with Crippen molar-refractivity contribution >= 4 is 28.4 Å². The van der Waals surface area contributed by atoms with E-state index < -0.39 is 23.6 Å². The number of para-hydroxylation sites is 2. The number of carbonyl (C=O) groups excluding carboxylic acids is 2. The number of hydrogen-bond acceptors (Lipinski definition) is 3. The summed E-state index contributed by atoms with van der Waals surface area (Å²) in [6.07, 6.45) is 1.57. The van der Waals surface area contributed by atoms with E-state index in [2.05, 4.69) is 10.3 Å². The second-order valence-corrected chi connectivity index (χ2v) is 7.77. The highest BCUT2D eigenvalue weighted by Crippen LogP contribution is 2.32. The molecule has 2 heterocycles. The Kier molecular flexibility index (Phi) is 5.05. The number of fused-ring (bicyclic) bond motifs is 2. The van der Waals surface area contributed by atoms with E-state index in [4.69, 9.17) is 4.74 Å². The monoisotopic (exact) mass is 447 g/mol. The lowest BCUT2D eigenvalue weighted by molar-refractivity contribution is -0.120. The lowest BCUT2D eigenvalue weighted by atomic mass is 10.0. The number of ether oxygens (including phenoxy) is 1. The Bertz CT molecular complexity index is 1400. The first-order chi connectivity index (χ1) is 15.9. The van der Waals surface area contributed by atoms with E-state index in [-0.39, 0.29) is 23.6 Å². The minimum atomic E-state index is -0.961. The molecule has 0 spiro atoms. The maximum absolute atomic E-state index is 14.4. The zero-order valence-corrected chi connectivity index (χ0v) is 17.6. The molecule has 2 amide bonds. The van der Waals surface area contributed by atoms with Crippen LogP contribution < -0.4 is 15.0 Å². The Morgan fingerprint density at radius 2 is 1.91 bits per heavy atom. The molecule has 1 aromatic heterocycles. The average molecular weight is 447 g/mol. The number of H-pyrrole nitrogens is 1. The summed E-state index contributed by atoms with van der Waals surface area (Å²) in [5.74, 6) is -2.14. The van der Waals surface area contributed by atoms with E-state index in [1.807, 2.05) is 0 Å². The van der Waals surface area contributed by atoms with E-state index in [1.54, 1.807) is 55.7 Å². The van der Waals surface area contributed by atoms with Crippen LogP contribution in [0.4, 0.5) is 14.5 Å². The predicted octanol–water partition coefficient (Wildman–Crippen LogP) is 4.27. The first kappa shape index (κ1) is 20.7. The maximum Gasteiger partial charge on any atom is 0.252 e. The Labute approximate surface area is 187 Å². The van der Waals surface area contributed by atoms with Crippen molar-refractivity contribution in [3.63, 3.8) is 0 Å². The number of aromatic amines is 1. The molecule has 5 rings (SSSR count). The van der Waals surface area contributed by atoms with Gasteiger partial charge in [-0.15, -0.1) is 0 Å². The van der Waals surface area contributed by atoms with Gasteiger partial charge in [0.2, 0.25) is 0 Å². The molecule has 6 nitrogen and oxygen atoms in total. The number of halogens is 2. The molecule has 0 radical (unpaired) electrons. The highest BCUT2D eigenvalue weighted by Gasteiger charge is 2.30. The Hall–Kier alpha value is -4.20. The summed E-state index contributed by atoms with van der Waals surface area (Å²) in [4.78, 5) is 30.4. The highest BCUT2D eigenvalue weighted by atomic mass is 19.2. The predicted molar refractivity (Wildman–Crippen MR) is 120 cm³/mol. The van der Waals surface area contributed by atoms with Crippen LogP contribution in [0.5, 0.6) is 5.75 Å². The molecule has 8 heteroatoms. The normalized spacial score (nSPS) is 15.7. The largest absolute Gasteiger partial charge is 0.489 e. The number of likely N-dealkylation sites (N-methyl/N-ethyl adjacent to an activating group) is 1. The number of benzene rings is 3. The Morgan fingerprint density at radius 3 is 2.76 bits per heavy atom. The van der Waals surface area contributed by atoms with E-state index in [0.29, 0.717) is 27.9 Å². The van der Waals surface area contributed by atoms with E-state index >= 15 is 0 Å². The van der Waals surface area contributed by atoms with Crippen LogP contribution in [0.1, 0.15) is 10.4 Å². The fourth-order valence-corrected chi connectivity index (χ4v) is 3.99. The summed E-state index contributed by atoms with van der Waals surface area (Å²) in [6, 6.07) is 15.1. The van der Waals surface area contributed by atoms with Crippen molar-refractivity contribution in [3.8, 4) is 16.9 Å². The number of hydrogen-bond donors (Lipinski definition) is 2. The quantitative estimate of drug-likeness (QED) is 0.493. The fourth-order valence-electron chi connectivity index (χ4n) is 3.99. The standard InChI is InChI=1S/C25H19F2N3O3/c1-30-21-7-2-3-8-22(21)33-13-20(25(30)32)29-24(31)14-9-10-19-16(11-14)17(12-28-19)15-5-4-6-18(26)23(15)27/h2-12,20,28H,13H2,1H3,(H,29,31)/t20-/m0/s1. The number of aromatic nitrogens is 1. The van der Waals surface area contributed by atoms with Gasteiger partial charge in [0.15, 0.2) is 11.6 Å². The van der Waals surface area contributed by atoms with Gasteiger partial charge in [-0.3, -0.25) is 9.59 Å². The summed E-state index contributed by atoms with van der Waals surface area (Å²) in [5.41, 5.74) is 2.08. The average Bonchev–Trinajstić information content (AvgIpc) is 3.21. The zero-order valence-electron chi connectivity index (χ0n) is 17.6. The van der Waals surface area contributed by atoms with E-state index in [0.717, 1.165) is 6.07 Å². The molecule has 166 valence electrons. The van der Waals surface area contributed by atoms with Crippen LogP contribution >= 0.6 is 0 Å². The van der Waals surface area contributed by atoms with Crippen LogP contribution in [0.25, 0.3) is 22.0 Å².